The third-order valence-corrected chi connectivity index (χ3v) is 4.46. The molecule has 24 heavy (non-hydrogen) atoms. The van der Waals surface area contributed by atoms with Crippen LogP contribution in [0.1, 0.15) is 47.2 Å². The van der Waals surface area contributed by atoms with E-state index in [9.17, 15) is 4.79 Å². The van der Waals surface area contributed by atoms with Crippen LogP contribution in [0.25, 0.3) is 0 Å². The highest BCUT2D eigenvalue weighted by molar-refractivity contribution is 5.94. The average Bonchev–Trinajstić information content (AvgIpc) is 3.14. The highest BCUT2D eigenvalue weighted by Gasteiger charge is 2.18. The quantitative estimate of drug-likeness (QED) is 0.856. The van der Waals surface area contributed by atoms with Crippen LogP contribution in [0.3, 0.4) is 0 Å². The first-order valence-electron chi connectivity index (χ1n) is 8.58. The predicted octanol–water partition coefficient (Wildman–Crippen LogP) is 3.40. The molecule has 0 atom stereocenters. The highest BCUT2D eigenvalue weighted by Crippen LogP contribution is 2.26. The summed E-state index contributed by atoms with van der Waals surface area (Å²) in [5.74, 6) is 0.789. The van der Waals surface area contributed by atoms with E-state index in [4.69, 9.17) is 10.5 Å². The summed E-state index contributed by atoms with van der Waals surface area (Å²) in [6.07, 6.45) is 5.03. The van der Waals surface area contributed by atoms with E-state index in [1.54, 1.807) is 12.1 Å². The molecule has 0 bridgehead atoms. The van der Waals surface area contributed by atoms with Gasteiger partial charge < -0.3 is 15.8 Å². The maximum Gasteiger partial charge on any atom is 0.251 e. The number of hydrogen-bond acceptors (Lipinski definition) is 3. The molecule has 0 heterocycles. The summed E-state index contributed by atoms with van der Waals surface area (Å²) in [6, 6.07) is 15.3. The topological polar surface area (TPSA) is 64.4 Å². The molecule has 126 valence electrons. The lowest BCUT2D eigenvalue weighted by Gasteiger charge is -2.16. The van der Waals surface area contributed by atoms with Gasteiger partial charge in [-0.25, -0.2) is 0 Å². The van der Waals surface area contributed by atoms with E-state index in [1.807, 2.05) is 36.4 Å². The number of ether oxygens (including phenoxy) is 1. The Hall–Kier alpha value is -2.33. The van der Waals surface area contributed by atoms with Gasteiger partial charge in [-0.05, 0) is 49.4 Å². The minimum absolute atomic E-state index is 0.0887. The first-order valence-corrected chi connectivity index (χ1v) is 8.58. The van der Waals surface area contributed by atoms with Crippen molar-refractivity contribution in [2.24, 2.45) is 5.73 Å². The molecule has 1 aliphatic rings. The van der Waals surface area contributed by atoms with Crippen molar-refractivity contribution >= 4 is 5.91 Å². The Labute approximate surface area is 143 Å². The number of carbonyl (C=O) groups is 1. The van der Waals surface area contributed by atoms with Gasteiger partial charge >= 0.3 is 0 Å². The molecule has 0 spiro atoms. The van der Waals surface area contributed by atoms with Crippen LogP contribution in [0, 0.1) is 0 Å². The SMILES string of the molecule is NCc1ccc(C(=O)NCc2ccccc2OC2CCCC2)cc1. The van der Waals surface area contributed by atoms with E-state index in [1.165, 1.54) is 12.8 Å². The molecule has 4 nitrogen and oxygen atoms in total. The summed E-state index contributed by atoms with van der Waals surface area (Å²) in [5, 5.41) is 2.97. The summed E-state index contributed by atoms with van der Waals surface area (Å²) in [7, 11) is 0. The first-order chi connectivity index (χ1) is 11.8. The first kappa shape index (κ1) is 16.5. The highest BCUT2D eigenvalue weighted by atomic mass is 16.5. The molecule has 0 aromatic heterocycles. The van der Waals surface area contributed by atoms with Gasteiger partial charge in [0, 0.05) is 24.2 Å². The van der Waals surface area contributed by atoms with E-state index >= 15 is 0 Å². The second-order valence-electron chi connectivity index (χ2n) is 6.22. The van der Waals surface area contributed by atoms with E-state index in [2.05, 4.69) is 5.32 Å². The minimum atomic E-state index is -0.0887. The number of rotatable bonds is 6. The fourth-order valence-corrected chi connectivity index (χ4v) is 3.02. The fraction of sp³-hybridized carbons (Fsp3) is 0.350. The van der Waals surface area contributed by atoms with Gasteiger partial charge in [-0.2, -0.15) is 0 Å². The van der Waals surface area contributed by atoms with Gasteiger partial charge in [0.05, 0.1) is 6.10 Å². The number of benzene rings is 2. The molecule has 1 aliphatic carbocycles. The van der Waals surface area contributed by atoms with Gasteiger partial charge in [0.1, 0.15) is 5.75 Å². The number of nitrogens with two attached hydrogens (primary N) is 1. The Morgan fingerprint density at radius 3 is 2.50 bits per heavy atom. The molecule has 1 amide bonds. The maximum atomic E-state index is 12.3. The smallest absolute Gasteiger partial charge is 0.251 e. The molecule has 4 heteroatoms. The Bertz CT molecular complexity index is 676. The third-order valence-electron chi connectivity index (χ3n) is 4.46. The Morgan fingerprint density at radius 1 is 1.08 bits per heavy atom. The molecule has 0 unspecified atom stereocenters. The summed E-state index contributed by atoms with van der Waals surface area (Å²) < 4.78 is 6.11. The largest absolute Gasteiger partial charge is 0.490 e. The summed E-state index contributed by atoms with van der Waals surface area (Å²) in [5.41, 5.74) is 8.25. The molecular formula is C20H24N2O2. The van der Waals surface area contributed by atoms with Crippen LogP contribution in [0.15, 0.2) is 48.5 Å². The van der Waals surface area contributed by atoms with Crippen LogP contribution in [0.4, 0.5) is 0 Å². The van der Waals surface area contributed by atoms with E-state index in [-0.39, 0.29) is 5.91 Å². The minimum Gasteiger partial charge on any atom is -0.490 e. The monoisotopic (exact) mass is 324 g/mol. The van der Waals surface area contributed by atoms with Crippen molar-refractivity contribution in [3.63, 3.8) is 0 Å². The molecule has 0 aliphatic heterocycles. The van der Waals surface area contributed by atoms with Crippen molar-refractivity contribution in [2.45, 2.75) is 44.9 Å². The number of nitrogens with one attached hydrogen (secondary N) is 1. The van der Waals surface area contributed by atoms with E-state index in [0.717, 1.165) is 29.7 Å². The van der Waals surface area contributed by atoms with Gasteiger partial charge in [0.15, 0.2) is 0 Å². The van der Waals surface area contributed by atoms with E-state index in [0.29, 0.717) is 24.8 Å². The lowest BCUT2D eigenvalue weighted by atomic mass is 10.1. The zero-order valence-electron chi connectivity index (χ0n) is 13.8. The lowest BCUT2D eigenvalue weighted by molar-refractivity contribution is 0.0950. The van der Waals surface area contributed by atoms with Crippen molar-refractivity contribution in [1.29, 1.82) is 0 Å². The van der Waals surface area contributed by atoms with Crippen LogP contribution in [0.5, 0.6) is 5.75 Å². The number of amides is 1. The zero-order valence-corrected chi connectivity index (χ0v) is 13.8. The zero-order chi connectivity index (χ0) is 16.8. The number of para-hydroxylation sites is 1. The number of hydrogen-bond donors (Lipinski definition) is 2. The second kappa shape index (κ2) is 7.97. The third kappa shape index (κ3) is 4.15. The van der Waals surface area contributed by atoms with Crippen molar-refractivity contribution < 1.29 is 9.53 Å². The molecule has 0 saturated heterocycles. The van der Waals surface area contributed by atoms with Gasteiger partial charge in [0.25, 0.3) is 5.91 Å². The Kier molecular flexibility index (Phi) is 5.49. The Morgan fingerprint density at radius 2 is 1.79 bits per heavy atom. The molecule has 3 rings (SSSR count). The van der Waals surface area contributed by atoms with Crippen LogP contribution >= 0.6 is 0 Å². The van der Waals surface area contributed by atoms with Gasteiger partial charge in [-0.1, -0.05) is 30.3 Å². The fourth-order valence-electron chi connectivity index (χ4n) is 3.02. The van der Waals surface area contributed by atoms with Crippen molar-refractivity contribution in [3.05, 3.63) is 65.2 Å². The number of carbonyl (C=O) groups excluding carboxylic acids is 1. The normalized spacial score (nSPS) is 14.5. The van der Waals surface area contributed by atoms with Crippen LogP contribution < -0.4 is 15.8 Å². The van der Waals surface area contributed by atoms with Crippen molar-refractivity contribution in [3.8, 4) is 5.75 Å². The van der Waals surface area contributed by atoms with Crippen molar-refractivity contribution in [2.75, 3.05) is 0 Å². The summed E-state index contributed by atoms with van der Waals surface area (Å²) in [4.78, 5) is 12.3. The molecule has 1 fully saturated rings. The van der Waals surface area contributed by atoms with Gasteiger partial charge in [0.2, 0.25) is 0 Å². The standard InChI is InChI=1S/C20H24N2O2/c21-13-15-9-11-16(12-10-15)20(23)22-14-17-5-1-4-8-19(17)24-18-6-2-3-7-18/h1,4-5,8-12,18H,2-3,6-7,13-14,21H2,(H,22,23). The Balaban J connectivity index is 1.62. The maximum absolute atomic E-state index is 12.3. The summed E-state index contributed by atoms with van der Waals surface area (Å²) in [6.45, 7) is 0.939. The van der Waals surface area contributed by atoms with E-state index < -0.39 is 0 Å². The molecule has 2 aromatic rings. The van der Waals surface area contributed by atoms with Crippen LogP contribution in [-0.2, 0) is 13.1 Å². The molecule has 3 N–H and O–H groups in total. The molecule has 2 aromatic carbocycles. The van der Waals surface area contributed by atoms with Crippen LogP contribution in [0.2, 0.25) is 0 Å². The molecular weight excluding hydrogens is 300 g/mol. The second-order valence-corrected chi connectivity index (χ2v) is 6.22. The van der Waals surface area contributed by atoms with Gasteiger partial charge in [-0.3, -0.25) is 4.79 Å². The predicted molar refractivity (Wildman–Crippen MR) is 94.8 cm³/mol. The molecule has 0 radical (unpaired) electrons. The summed E-state index contributed by atoms with van der Waals surface area (Å²) >= 11 is 0. The van der Waals surface area contributed by atoms with Crippen molar-refractivity contribution in [1.82, 2.24) is 5.32 Å². The van der Waals surface area contributed by atoms with Gasteiger partial charge in [-0.15, -0.1) is 0 Å². The lowest BCUT2D eigenvalue weighted by Crippen LogP contribution is -2.23. The average molecular weight is 324 g/mol. The molecule has 1 saturated carbocycles. The van der Waals surface area contributed by atoms with Crippen LogP contribution in [-0.4, -0.2) is 12.0 Å².